The Morgan fingerprint density at radius 1 is 1.35 bits per heavy atom. The molecule has 0 aliphatic heterocycles. The Balaban J connectivity index is 1.99. The molecule has 0 atom stereocenters. The molecular formula is C14H15BrN2O3. The molecular weight excluding hydrogens is 324 g/mol. The lowest BCUT2D eigenvalue weighted by atomic mass is 10.1. The predicted octanol–water partition coefficient (Wildman–Crippen LogP) is 3.60. The molecule has 2 aromatic rings. The largest absolute Gasteiger partial charge is 0.481 e. The maximum Gasteiger partial charge on any atom is 0.303 e. The third-order valence-corrected chi connectivity index (χ3v) is 3.51. The lowest BCUT2D eigenvalue weighted by Crippen LogP contribution is -1.95. The number of unbranched alkanes of at least 4 members (excludes halogenated alkanes) is 1. The fourth-order valence-corrected chi connectivity index (χ4v) is 2.47. The average molecular weight is 339 g/mol. The number of hydrogen-bond acceptors (Lipinski definition) is 4. The van der Waals surface area contributed by atoms with Gasteiger partial charge in [0.15, 0.2) is 0 Å². The van der Waals surface area contributed by atoms with Crippen LogP contribution in [-0.4, -0.2) is 21.3 Å². The van der Waals surface area contributed by atoms with Crippen molar-refractivity contribution in [3.05, 3.63) is 34.1 Å². The Hall–Kier alpha value is -1.69. The number of halogens is 1. The van der Waals surface area contributed by atoms with Crippen molar-refractivity contribution in [2.75, 3.05) is 0 Å². The van der Waals surface area contributed by atoms with Gasteiger partial charge in [-0.25, -0.2) is 0 Å². The minimum absolute atomic E-state index is 0.171. The van der Waals surface area contributed by atoms with Crippen LogP contribution in [0, 0.1) is 6.92 Å². The molecule has 0 spiro atoms. The van der Waals surface area contributed by atoms with E-state index >= 15 is 0 Å². The van der Waals surface area contributed by atoms with Crippen LogP contribution in [0.2, 0.25) is 0 Å². The molecule has 0 amide bonds. The molecule has 1 heterocycles. The van der Waals surface area contributed by atoms with E-state index in [9.17, 15) is 4.79 Å². The van der Waals surface area contributed by atoms with Crippen LogP contribution in [0.1, 0.15) is 30.7 Å². The molecule has 0 aliphatic rings. The standard InChI is InChI=1S/C14H15BrN2O3/c1-9-6-7-10(11(15)8-9)14-17-16-12(20-14)4-2-3-5-13(18)19/h6-8H,2-5H2,1H3,(H,18,19). The van der Waals surface area contributed by atoms with Crippen LogP contribution < -0.4 is 0 Å². The van der Waals surface area contributed by atoms with Crippen LogP contribution in [0.5, 0.6) is 0 Å². The van der Waals surface area contributed by atoms with Crippen LogP contribution >= 0.6 is 15.9 Å². The van der Waals surface area contributed by atoms with Gasteiger partial charge < -0.3 is 9.52 Å². The molecule has 106 valence electrons. The molecule has 0 radical (unpaired) electrons. The third-order valence-electron chi connectivity index (χ3n) is 2.85. The number of benzene rings is 1. The normalized spacial score (nSPS) is 10.7. The highest BCUT2D eigenvalue weighted by Crippen LogP contribution is 2.28. The number of aliphatic carboxylic acids is 1. The maximum absolute atomic E-state index is 10.4. The Labute approximate surface area is 125 Å². The zero-order valence-electron chi connectivity index (χ0n) is 11.1. The van der Waals surface area contributed by atoms with Crippen LogP contribution in [0.15, 0.2) is 27.1 Å². The van der Waals surface area contributed by atoms with Crippen molar-refractivity contribution in [3.8, 4) is 11.5 Å². The summed E-state index contributed by atoms with van der Waals surface area (Å²) in [6.45, 7) is 2.01. The summed E-state index contributed by atoms with van der Waals surface area (Å²) in [5.74, 6) is 0.239. The van der Waals surface area contributed by atoms with E-state index in [1.54, 1.807) is 0 Å². The molecule has 0 saturated carbocycles. The van der Waals surface area contributed by atoms with Crippen molar-refractivity contribution in [2.24, 2.45) is 0 Å². The van der Waals surface area contributed by atoms with Gasteiger partial charge in [-0.1, -0.05) is 6.07 Å². The first-order chi connectivity index (χ1) is 9.56. The molecule has 20 heavy (non-hydrogen) atoms. The number of carboxylic acids is 1. The van der Waals surface area contributed by atoms with Gasteiger partial charge in [0.1, 0.15) is 0 Å². The van der Waals surface area contributed by atoms with Crippen LogP contribution in [0.25, 0.3) is 11.5 Å². The van der Waals surface area contributed by atoms with Gasteiger partial charge in [0.05, 0.1) is 5.56 Å². The molecule has 6 heteroatoms. The fourth-order valence-electron chi connectivity index (χ4n) is 1.81. The molecule has 0 unspecified atom stereocenters. The molecule has 1 aromatic heterocycles. The van der Waals surface area contributed by atoms with E-state index in [-0.39, 0.29) is 6.42 Å². The van der Waals surface area contributed by atoms with Crippen molar-refractivity contribution < 1.29 is 14.3 Å². The molecule has 5 nitrogen and oxygen atoms in total. The molecule has 2 rings (SSSR count). The summed E-state index contributed by atoms with van der Waals surface area (Å²) in [7, 11) is 0. The Morgan fingerprint density at radius 2 is 2.15 bits per heavy atom. The number of rotatable bonds is 6. The third kappa shape index (κ3) is 3.90. The first-order valence-corrected chi connectivity index (χ1v) is 7.16. The van der Waals surface area contributed by atoms with Crippen LogP contribution in [-0.2, 0) is 11.2 Å². The summed E-state index contributed by atoms with van der Waals surface area (Å²) in [6, 6.07) is 5.91. The smallest absolute Gasteiger partial charge is 0.303 e. The zero-order chi connectivity index (χ0) is 14.5. The van der Waals surface area contributed by atoms with E-state index in [0.717, 1.165) is 22.0 Å². The van der Waals surface area contributed by atoms with Gasteiger partial charge in [-0.05, 0) is 53.4 Å². The van der Waals surface area contributed by atoms with E-state index < -0.39 is 5.97 Å². The summed E-state index contributed by atoms with van der Waals surface area (Å²) in [5.41, 5.74) is 2.01. The van der Waals surface area contributed by atoms with Crippen LogP contribution in [0.4, 0.5) is 0 Å². The quantitative estimate of drug-likeness (QED) is 0.814. The van der Waals surface area contributed by atoms with Crippen molar-refractivity contribution in [2.45, 2.75) is 32.6 Å². The fraction of sp³-hybridized carbons (Fsp3) is 0.357. The van der Waals surface area contributed by atoms with E-state index in [1.807, 2.05) is 25.1 Å². The van der Waals surface area contributed by atoms with Gasteiger partial charge >= 0.3 is 5.97 Å². The lowest BCUT2D eigenvalue weighted by Gasteiger charge is -2.00. The van der Waals surface area contributed by atoms with Crippen LogP contribution in [0.3, 0.4) is 0 Å². The lowest BCUT2D eigenvalue weighted by molar-refractivity contribution is -0.137. The summed E-state index contributed by atoms with van der Waals surface area (Å²) in [5, 5.41) is 16.6. The highest BCUT2D eigenvalue weighted by atomic mass is 79.9. The molecule has 1 N–H and O–H groups in total. The van der Waals surface area contributed by atoms with Gasteiger partial charge in [0.25, 0.3) is 0 Å². The number of nitrogens with zero attached hydrogens (tertiary/aromatic N) is 2. The van der Waals surface area contributed by atoms with E-state index in [4.69, 9.17) is 9.52 Å². The molecule has 0 bridgehead atoms. The Morgan fingerprint density at radius 3 is 2.85 bits per heavy atom. The second-order valence-corrected chi connectivity index (χ2v) is 5.44. The highest BCUT2D eigenvalue weighted by molar-refractivity contribution is 9.10. The van der Waals surface area contributed by atoms with E-state index in [2.05, 4.69) is 26.1 Å². The second-order valence-electron chi connectivity index (χ2n) is 4.59. The number of aromatic nitrogens is 2. The summed E-state index contributed by atoms with van der Waals surface area (Å²) in [6.07, 6.45) is 2.11. The SMILES string of the molecule is Cc1ccc(-c2nnc(CCCCC(=O)O)o2)c(Br)c1. The van der Waals surface area contributed by atoms with Crippen molar-refractivity contribution >= 4 is 21.9 Å². The van der Waals surface area contributed by atoms with Gasteiger partial charge in [-0.2, -0.15) is 0 Å². The molecule has 0 fully saturated rings. The summed E-state index contributed by atoms with van der Waals surface area (Å²) < 4.78 is 6.51. The highest BCUT2D eigenvalue weighted by Gasteiger charge is 2.11. The number of carbonyl (C=O) groups is 1. The number of aryl methyl sites for hydroxylation is 2. The second kappa shape index (κ2) is 6.65. The Bertz CT molecular complexity index is 610. The minimum Gasteiger partial charge on any atom is -0.481 e. The van der Waals surface area contributed by atoms with Crippen molar-refractivity contribution in [3.63, 3.8) is 0 Å². The van der Waals surface area contributed by atoms with E-state index in [0.29, 0.717) is 24.6 Å². The number of hydrogen-bond donors (Lipinski definition) is 1. The van der Waals surface area contributed by atoms with Gasteiger partial charge in [0, 0.05) is 17.3 Å². The Kier molecular flexibility index (Phi) is 4.89. The maximum atomic E-state index is 10.4. The summed E-state index contributed by atoms with van der Waals surface area (Å²) >= 11 is 3.48. The molecule has 0 aliphatic carbocycles. The number of carboxylic acid groups (broad SMARTS) is 1. The van der Waals surface area contributed by atoms with Gasteiger partial charge in [-0.15, -0.1) is 10.2 Å². The van der Waals surface area contributed by atoms with Crippen molar-refractivity contribution in [1.82, 2.24) is 10.2 Å². The predicted molar refractivity (Wildman–Crippen MR) is 77.4 cm³/mol. The van der Waals surface area contributed by atoms with Gasteiger partial charge in [0.2, 0.25) is 11.8 Å². The topological polar surface area (TPSA) is 76.2 Å². The average Bonchev–Trinajstić information content (AvgIpc) is 2.83. The first kappa shape index (κ1) is 14.7. The van der Waals surface area contributed by atoms with Crippen molar-refractivity contribution in [1.29, 1.82) is 0 Å². The molecule has 0 saturated heterocycles. The van der Waals surface area contributed by atoms with E-state index in [1.165, 1.54) is 0 Å². The molecule has 1 aromatic carbocycles. The summed E-state index contributed by atoms with van der Waals surface area (Å²) in [4.78, 5) is 10.4. The zero-order valence-corrected chi connectivity index (χ0v) is 12.7. The minimum atomic E-state index is -0.778. The first-order valence-electron chi connectivity index (χ1n) is 6.37. The van der Waals surface area contributed by atoms with Gasteiger partial charge in [-0.3, -0.25) is 4.79 Å². The monoisotopic (exact) mass is 338 g/mol.